The SMILES string of the molecule is CC(=O)N1CCN(C(=O)c2ccn[nH]2)[C@@H]2CS(=O)(=O)C[C@@H]21. The highest BCUT2D eigenvalue weighted by atomic mass is 32.2. The van der Waals surface area contributed by atoms with Crippen LogP contribution in [0.15, 0.2) is 12.3 Å². The van der Waals surface area contributed by atoms with Gasteiger partial charge in [-0.2, -0.15) is 5.10 Å². The molecule has 9 heteroatoms. The highest BCUT2D eigenvalue weighted by Gasteiger charge is 2.49. The Labute approximate surface area is 122 Å². The first-order valence-corrected chi connectivity index (χ1v) is 8.49. The number of sulfone groups is 1. The number of carbonyl (C=O) groups excluding carboxylic acids is 2. The van der Waals surface area contributed by atoms with E-state index >= 15 is 0 Å². The van der Waals surface area contributed by atoms with E-state index in [1.54, 1.807) is 15.9 Å². The topological polar surface area (TPSA) is 103 Å². The van der Waals surface area contributed by atoms with Gasteiger partial charge in [0, 0.05) is 26.2 Å². The molecule has 0 aromatic carbocycles. The van der Waals surface area contributed by atoms with Crippen molar-refractivity contribution in [1.82, 2.24) is 20.0 Å². The summed E-state index contributed by atoms with van der Waals surface area (Å²) in [7, 11) is -3.24. The lowest BCUT2D eigenvalue weighted by Crippen LogP contribution is -2.61. The van der Waals surface area contributed by atoms with E-state index in [1.807, 2.05) is 0 Å². The second-order valence-corrected chi connectivity index (χ2v) is 7.55. The van der Waals surface area contributed by atoms with Crippen molar-refractivity contribution < 1.29 is 18.0 Å². The van der Waals surface area contributed by atoms with Crippen LogP contribution in [0.4, 0.5) is 0 Å². The van der Waals surface area contributed by atoms with Gasteiger partial charge in [0.2, 0.25) is 5.91 Å². The minimum absolute atomic E-state index is 0.0794. The number of hydrogen-bond acceptors (Lipinski definition) is 5. The van der Waals surface area contributed by atoms with Crippen LogP contribution in [0.5, 0.6) is 0 Å². The quantitative estimate of drug-likeness (QED) is 0.707. The number of aromatic nitrogens is 2. The van der Waals surface area contributed by atoms with Gasteiger partial charge in [-0.15, -0.1) is 0 Å². The van der Waals surface area contributed by atoms with Crippen LogP contribution in [0, 0.1) is 0 Å². The number of H-pyrrole nitrogens is 1. The maximum atomic E-state index is 12.4. The van der Waals surface area contributed by atoms with Crippen molar-refractivity contribution in [2.45, 2.75) is 19.0 Å². The van der Waals surface area contributed by atoms with E-state index in [1.165, 1.54) is 13.1 Å². The van der Waals surface area contributed by atoms with Gasteiger partial charge < -0.3 is 9.80 Å². The normalized spacial score (nSPS) is 27.5. The number of amides is 2. The first-order valence-electron chi connectivity index (χ1n) is 6.67. The van der Waals surface area contributed by atoms with Crippen molar-refractivity contribution in [2.24, 2.45) is 0 Å². The van der Waals surface area contributed by atoms with E-state index in [2.05, 4.69) is 10.2 Å². The number of piperazine rings is 1. The van der Waals surface area contributed by atoms with E-state index in [-0.39, 0.29) is 23.3 Å². The van der Waals surface area contributed by atoms with E-state index in [0.717, 1.165) is 0 Å². The van der Waals surface area contributed by atoms with Crippen LogP contribution in [0.2, 0.25) is 0 Å². The molecule has 0 aliphatic carbocycles. The summed E-state index contributed by atoms with van der Waals surface area (Å²) in [5.74, 6) is -0.607. The molecule has 3 rings (SSSR count). The predicted molar refractivity (Wildman–Crippen MR) is 73.2 cm³/mol. The Morgan fingerprint density at radius 1 is 1.24 bits per heavy atom. The van der Waals surface area contributed by atoms with Gasteiger partial charge >= 0.3 is 0 Å². The summed E-state index contributed by atoms with van der Waals surface area (Å²) < 4.78 is 23.8. The lowest BCUT2D eigenvalue weighted by molar-refractivity contribution is -0.133. The van der Waals surface area contributed by atoms with Gasteiger partial charge in [0.15, 0.2) is 9.84 Å². The van der Waals surface area contributed by atoms with Crippen LogP contribution in [0.25, 0.3) is 0 Å². The molecule has 1 aromatic rings. The molecule has 0 spiro atoms. The van der Waals surface area contributed by atoms with Gasteiger partial charge in [-0.3, -0.25) is 14.7 Å². The Morgan fingerprint density at radius 3 is 2.43 bits per heavy atom. The van der Waals surface area contributed by atoms with Crippen molar-refractivity contribution in [3.05, 3.63) is 18.0 Å². The number of nitrogens with zero attached hydrogens (tertiary/aromatic N) is 3. The van der Waals surface area contributed by atoms with Crippen LogP contribution in [0.1, 0.15) is 17.4 Å². The van der Waals surface area contributed by atoms with Gasteiger partial charge in [0.1, 0.15) is 5.69 Å². The summed E-state index contributed by atoms with van der Waals surface area (Å²) in [6.07, 6.45) is 1.47. The van der Waals surface area contributed by atoms with Gasteiger partial charge in [0.05, 0.1) is 23.6 Å². The van der Waals surface area contributed by atoms with E-state index in [4.69, 9.17) is 0 Å². The molecule has 0 bridgehead atoms. The van der Waals surface area contributed by atoms with Crippen molar-refractivity contribution in [2.75, 3.05) is 24.6 Å². The third-order valence-electron chi connectivity index (χ3n) is 4.07. The number of nitrogens with one attached hydrogen (secondary N) is 1. The molecule has 21 heavy (non-hydrogen) atoms. The van der Waals surface area contributed by atoms with Crippen LogP contribution in [-0.4, -0.2) is 76.9 Å². The summed E-state index contributed by atoms with van der Waals surface area (Å²) >= 11 is 0. The minimum atomic E-state index is -3.24. The fourth-order valence-corrected chi connectivity index (χ4v) is 5.11. The third-order valence-corrected chi connectivity index (χ3v) is 5.77. The van der Waals surface area contributed by atoms with Crippen LogP contribution >= 0.6 is 0 Å². The number of rotatable bonds is 1. The van der Waals surface area contributed by atoms with E-state index in [0.29, 0.717) is 18.8 Å². The minimum Gasteiger partial charge on any atom is -0.335 e. The van der Waals surface area contributed by atoms with E-state index in [9.17, 15) is 18.0 Å². The largest absolute Gasteiger partial charge is 0.335 e. The standard InChI is InChI=1S/C12H16N4O4S/c1-8(17)15-4-5-16(12(18)9-2-3-13-14-9)11-7-21(19,20)6-10(11)15/h2-3,10-11H,4-7H2,1H3,(H,13,14)/t10-,11+/m0/s1. The zero-order chi connectivity index (χ0) is 15.2. The molecular formula is C12H16N4O4S. The number of carbonyl (C=O) groups is 2. The van der Waals surface area contributed by atoms with Gasteiger partial charge in [-0.25, -0.2) is 8.42 Å². The molecule has 2 amide bonds. The highest BCUT2D eigenvalue weighted by Crippen LogP contribution is 2.28. The molecule has 2 atom stereocenters. The van der Waals surface area contributed by atoms with E-state index < -0.39 is 21.9 Å². The third kappa shape index (κ3) is 2.41. The predicted octanol–water partition coefficient (Wildman–Crippen LogP) is -1.12. The molecule has 1 aromatic heterocycles. The molecule has 2 fully saturated rings. The molecule has 2 aliphatic heterocycles. The van der Waals surface area contributed by atoms with Gasteiger partial charge in [-0.1, -0.05) is 0 Å². The van der Waals surface area contributed by atoms with Crippen LogP contribution in [0.3, 0.4) is 0 Å². The fourth-order valence-electron chi connectivity index (χ4n) is 3.13. The summed E-state index contributed by atoms with van der Waals surface area (Å²) in [5, 5.41) is 6.34. The highest BCUT2D eigenvalue weighted by molar-refractivity contribution is 7.91. The first-order chi connectivity index (χ1) is 9.89. The summed E-state index contributed by atoms with van der Waals surface area (Å²) in [6, 6.07) is 0.620. The second-order valence-electron chi connectivity index (χ2n) is 5.39. The Balaban J connectivity index is 1.91. The smallest absolute Gasteiger partial charge is 0.272 e. The summed E-state index contributed by atoms with van der Waals surface area (Å²) in [4.78, 5) is 27.2. The van der Waals surface area contributed by atoms with Gasteiger partial charge in [-0.05, 0) is 6.07 Å². The van der Waals surface area contributed by atoms with Gasteiger partial charge in [0.25, 0.3) is 5.91 Å². The molecule has 8 nitrogen and oxygen atoms in total. The lowest BCUT2D eigenvalue weighted by Gasteiger charge is -2.43. The molecule has 0 saturated carbocycles. The number of fused-ring (bicyclic) bond motifs is 1. The molecule has 0 radical (unpaired) electrons. The second kappa shape index (κ2) is 4.83. The molecule has 114 valence electrons. The average Bonchev–Trinajstić information content (AvgIpc) is 3.01. The maximum absolute atomic E-state index is 12.4. The zero-order valence-corrected chi connectivity index (χ0v) is 12.3. The monoisotopic (exact) mass is 312 g/mol. The average molecular weight is 312 g/mol. The van der Waals surface area contributed by atoms with Crippen molar-refractivity contribution in [1.29, 1.82) is 0 Å². The van der Waals surface area contributed by atoms with Crippen LogP contribution in [-0.2, 0) is 14.6 Å². The van der Waals surface area contributed by atoms with Crippen LogP contribution < -0.4 is 0 Å². The Morgan fingerprint density at radius 2 is 1.86 bits per heavy atom. The Kier molecular flexibility index (Phi) is 3.23. The molecule has 0 unspecified atom stereocenters. The summed E-state index contributed by atoms with van der Waals surface area (Å²) in [5.41, 5.74) is 0.328. The molecule has 2 aliphatic rings. The molecular weight excluding hydrogens is 296 g/mol. The number of hydrogen-bond donors (Lipinski definition) is 1. The summed E-state index contributed by atoms with van der Waals surface area (Å²) in [6.45, 7) is 2.11. The fraction of sp³-hybridized carbons (Fsp3) is 0.583. The van der Waals surface area contributed by atoms with Crippen molar-refractivity contribution in [3.63, 3.8) is 0 Å². The first kappa shape index (κ1) is 14.1. The lowest BCUT2D eigenvalue weighted by atomic mass is 10.0. The molecule has 1 N–H and O–H groups in total. The zero-order valence-electron chi connectivity index (χ0n) is 11.5. The van der Waals surface area contributed by atoms with Crippen molar-refractivity contribution >= 4 is 21.7 Å². The maximum Gasteiger partial charge on any atom is 0.272 e. The number of aromatic amines is 1. The molecule has 2 saturated heterocycles. The van der Waals surface area contributed by atoms with Crippen molar-refractivity contribution in [3.8, 4) is 0 Å². The Hall–Kier alpha value is -1.90. The Bertz CT molecular complexity index is 669. The molecule has 3 heterocycles.